The summed E-state index contributed by atoms with van der Waals surface area (Å²) in [4.78, 5) is 15.5. The van der Waals surface area contributed by atoms with E-state index in [9.17, 15) is 10.2 Å². The predicted octanol–water partition coefficient (Wildman–Crippen LogP) is 8.46. The maximum atomic E-state index is 11.1. The first-order valence-corrected chi connectivity index (χ1v) is 20.2. The van der Waals surface area contributed by atoms with Gasteiger partial charge in [-0.05, 0) is 103 Å². The number of rotatable bonds is 4. The Morgan fingerprint density at radius 1 is 0.643 bits per heavy atom. The van der Waals surface area contributed by atoms with Crippen molar-refractivity contribution < 1.29 is 10.2 Å². The van der Waals surface area contributed by atoms with Crippen LogP contribution in [0.5, 0.6) is 11.5 Å². The molecule has 2 aliphatic rings. The summed E-state index contributed by atoms with van der Waals surface area (Å²) in [5.74, 6) is 1.65. The second-order valence-electron chi connectivity index (χ2n) is 15.4. The lowest BCUT2D eigenvalue weighted by Crippen LogP contribution is -2.21. The Bertz CT molecular complexity index is 3120. The lowest BCUT2D eigenvalue weighted by Gasteiger charge is -2.17. The van der Waals surface area contributed by atoms with Crippen molar-refractivity contribution >= 4 is 85.5 Å². The maximum absolute atomic E-state index is 11.1. The van der Waals surface area contributed by atoms with Crippen molar-refractivity contribution in [2.75, 3.05) is 0 Å². The van der Waals surface area contributed by atoms with E-state index in [2.05, 4.69) is 108 Å². The Morgan fingerprint density at radius 2 is 1.36 bits per heavy atom. The third kappa shape index (κ3) is 4.86. The Morgan fingerprint density at radius 3 is 2.16 bits per heavy atom. The normalized spacial score (nSPS) is 14.0. The third-order valence-electron chi connectivity index (χ3n) is 12.3. The highest BCUT2D eigenvalue weighted by Crippen LogP contribution is 2.44. The summed E-state index contributed by atoms with van der Waals surface area (Å²) in [6.45, 7) is 1.86. The first-order valence-electron chi connectivity index (χ1n) is 19.4. The first kappa shape index (κ1) is 33.2. The summed E-state index contributed by atoms with van der Waals surface area (Å²) in [5, 5.41) is 27.1. The number of thiophene rings is 1. The van der Waals surface area contributed by atoms with Gasteiger partial charge in [-0.2, -0.15) is 0 Å². The number of allylic oxidation sites excluding steroid dienone is 2. The molecule has 2 aliphatic carbocycles. The number of hydrogen-bond donors (Lipinski definition) is 2. The van der Waals surface area contributed by atoms with Crippen LogP contribution in [0.15, 0.2) is 109 Å². The third-order valence-corrected chi connectivity index (χ3v) is 13.5. The molecule has 56 heavy (non-hydrogen) atoms. The van der Waals surface area contributed by atoms with Gasteiger partial charge in [0.1, 0.15) is 27.2 Å². The Hall–Kier alpha value is -6.18. The number of phenolic OH excluding ortho intramolecular Hbond substituents is 2. The van der Waals surface area contributed by atoms with E-state index < -0.39 is 0 Å². The van der Waals surface area contributed by atoms with E-state index in [0.29, 0.717) is 39.5 Å². The molecule has 6 aromatic carbocycles. The summed E-state index contributed by atoms with van der Waals surface area (Å²) >= 11 is 1.75. The highest BCUT2D eigenvalue weighted by molar-refractivity contribution is 7.26. The minimum absolute atomic E-state index is 0.0476. The second-order valence-corrected chi connectivity index (χ2v) is 16.5. The molecule has 11 rings (SSSR count). The number of aromatic nitrogens is 4. The Kier molecular flexibility index (Phi) is 7.36. The number of benzene rings is 6. The van der Waals surface area contributed by atoms with E-state index >= 15 is 0 Å². The lowest BCUT2D eigenvalue weighted by atomic mass is 9.79. The molecule has 0 radical (unpaired) electrons. The molecule has 0 spiro atoms. The van der Waals surface area contributed by atoms with Gasteiger partial charge in [-0.25, -0.2) is 15.0 Å². The molecule has 6 nitrogen and oxygen atoms in total. The quantitative estimate of drug-likeness (QED) is 0.177. The van der Waals surface area contributed by atoms with Crippen molar-refractivity contribution in [1.29, 1.82) is 0 Å². The van der Waals surface area contributed by atoms with Gasteiger partial charge in [0.25, 0.3) is 0 Å². The average molecular weight is 743 g/mol. The zero-order valence-electron chi connectivity index (χ0n) is 31.4. The Balaban J connectivity index is 1.11. The van der Waals surface area contributed by atoms with Crippen LogP contribution in [0.4, 0.5) is 0 Å². The summed E-state index contributed by atoms with van der Waals surface area (Å²) in [5.41, 5.74) is 13.5. The molecule has 0 fully saturated rings. The molecule has 0 bridgehead atoms. The van der Waals surface area contributed by atoms with Crippen LogP contribution in [0.3, 0.4) is 0 Å². The summed E-state index contributed by atoms with van der Waals surface area (Å²) < 4.78 is 4.63. The molecule has 0 amide bonds. The van der Waals surface area contributed by atoms with Crippen molar-refractivity contribution in [2.45, 2.75) is 39.0 Å². The summed E-state index contributed by atoms with van der Waals surface area (Å²) in [7, 11) is 3.59. The molecule has 3 aromatic heterocycles. The van der Waals surface area contributed by atoms with Crippen molar-refractivity contribution in [3.05, 3.63) is 125 Å². The van der Waals surface area contributed by atoms with Crippen LogP contribution in [-0.2, 0) is 6.42 Å². The fourth-order valence-corrected chi connectivity index (χ4v) is 10.7. The highest BCUT2D eigenvalue weighted by Gasteiger charge is 2.26. The van der Waals surface area contributed by atoms with Crippen molar-refractivity contribution in [3.63, 3.8) is 0 Å². The van der Waals surface area contributed by atoms with Gasteiger partial charge in [0, 0.05) is 58.9 Å². The molecule has 0 atom stereocenters. The molecule has 2 N–H and O–H groups in total. The number of para-hydroxylation sites is 2. The maximum Gasteiger partial charge on any atom is 0.165 e. The van der Waals surface area contributed by atoms with Gasteiger partial charge in [0.2, 0.25) is 0 Å². The van der Waals surface area contributed by atoms with Crippen LogP contribution >= 0.6 is 11.3 Å². The minimum atomic E-state index is 0.0476. The second kappa shape index (κ2) is 12.4. The highest BCUT2D eigenvalue weighted by atomic mass is 32.1. The summed E-state index contributed by atoms with van der Waals surface area (Å²) in [6, 6.07) is 37.0. The lowest BCUT2D eigenvalue weighted by molar-refractivity contribution is 0.458. The first-order chi connectivity index (χ1) is 27.3. The molecular formula is C47H36B2N4O2S. The number of aromatic hydroxyl groups is 2. The van der Waals surface area contributed by atoms with Gasteiger partial charge in [-0.3, -0.25) is 0 Å². The van der Waals surface area contributed by atoms with E-state index in [1.165, 1.54) is 67.9 Å². The van der Waals surface area contributed by atoms with E-state index in [0.717, 1.165) is 39.7 Å². The van der Waals surface area contributed by atoms with Gasteiger partial charge in [-0.1, -0.05) is 72.3 Å². The molecule has 0 saturated heterocycles. The van der Waals surface area contributed by atoms with Gasteiger partial charge >= 0.3 is 0 Å². The molecule has 9 heteroatoms. The minimum Gasteiger partial charge on any atom is -0.509 e. The van der Waals surface area contributed by atoms with Crippen LogP contribution in [0.25, 0.3) is 87.4 Å². The fraction of sp³-hybridized carbons (Fsp3) is 0.128. The van der Waals surface area contributed by atoms with E-state index in [1.807, 2.05) is 14.8 Å². The molecular weight excluding hydrogens is 706 g/mol. The monoisotopic (exact) mass is 742 g/mol. The van der Waals surface area contributed by atoms with Crippen LogP contribution < -0.4 is 10.9 Å². The van der Waals surface area contributed by atoms with Crippen LogP contribution in [-0.4, -0.2) is 45.4 Å². The van der Waals surface area contributed by atoms with Crippen molar-refractivity contribution in [2.24, 2.45) is 0 Å². The fourth-order valence-electron chi connectivity index (χ4n) is 9.46. The zero-order valence-corrected chi connectivity index (χ0v) is 32.3. The SMILES string of the molecule is Bc1c(O)c(B)c(-c2nc(-c3ccc4c(c3)CC3=C4CCCC3)nc(-c3cccc4c3sc3cc(-n5c6ccccc6c6ccccc65)ccc34)n2)c(C)c1O. The molecule has 0 unspecified atom stereocenters. The number of nitrogens with zero attached hydrogens (tertiary/aromatic N) is 4. The largest absolute Gasteiger partial charge is 0.509 e. The summed E-state index contributed by atoms with van der Waals surface area (Å²) in [6.07, 6.45) is 5.83. The Labute approximate surface area is 329 Å². The molecule has 9 aromatic rings. The molecule has 268 valence electrons. The van der Waals surface area contributed by atoms with Crippen molar-refractivity contribution in [1.82, 2.24) is 19.5 Å². The molecule has 0 aliphatic heterocycles. The average Bonchev–Trinajstić information content (AvgIpc) is 3.91. The van der Waals surface area contributed by atoms with Gasteiger partial charge in [-0.15, -0.1) is 11.3 Å². The van der Waals surface area contributed by atoms with Gasteiger partial charge in [0.05, 0.1) is 11.0 Å². The van der Waals surface area contributed by atoms with Crippen LogP contribution in [0.1, 0.15) is 42.4 Å². The van der Waals surface area contributed by atoms with E-state index in [4.69, 9.17) is 15.0 Å². The topological polar surface area (TPSA) is 84.1 Å². The predicted molar refractivity (Wildman–Crippen MR) is 237 cm³/mol. The number of phenols is 2. The van der Waals surface area contributed by atoms with Crippen LogP contribution in [0.2, 0.25) is 0 Å². The van der Waals surface area contributed by atoms with Gasteiger partial charge < -0.3 is 14.8 Å². The van der Waals surface area contributed by atoms with Gasteiger partial charge in [0.15, 0.2) is 17.5 Å². The van der Waals surface area contributed by atoms with E-state index in [-0.39, 0.29) is 11.5 Å². The zero-order chi connectivity index (χ0) is 37.8. The van der Waals surface area contributed by atoms with Crippen molar-refractivity contribution in [3.8, 4) is 51.3 Å². The van der Waals surface area contributed by atoms with E-state index in [1.54, 1.807) is 24.8 Å². The standard InChI is InChI=1S/C47H36B2N4O2S/c1-24-39(40(48)43(55)41(49)42(24)54)47-51-45(26-17-19-30-27(22-26)21-25-9-2-3-10-29(25)30)50-46(52-47)35-14-8-13-34-33-20-18-28(23-38(33)56-44(34)35)53-36-15-6-4-11-31(36)32-12-5-7-16-37(32)53/h4-8,11-20,22-23,54-55H,2-3,9-10,21,48-49H2,1H3. The smallest absolute Gasteiger partial charge is 0.165 e. The molecule has 3 heterocycles. The van der Waals surface area contributed by atoms with Crippen LogP contribution in [0, 0.1) is 6.92 Å². The molecule has 0 saturated carbocycles. The number of fused-ring (bicyclic) bond motifs is 8. The number of hydrogen-bond acceptors (Lipinski definition) is 6.